The van der Waals surface area contributed by atoms with Crippen LogP contribution in [0, 0.1) is 0 Å². The van der Waals surface area contributed by atoms with Crippen molar-refractivity contribution >= 4 is 34.3 Å². The molecular weight excluding hydrogens is 350 g/mol. The van der Waals surface area contributed by atoms with Crippen molar-refractivity contribution in [2.45, 2.75) is 50.1 Å². The average Bonchev–Trinajstić information content (AvgIpc) is 3.23. The van der Waals surface area contributed by atoms with Gasteiger partial charge in [-0.3, -0.25) is 9.59 Å². The van der Waals surface area contributed by atoms with Crippen LogP contribution in [0.3, 0.4) is 0 Å². The summed E-state index contributed by atoms with van der Waals surface area (Å²) in [5.74, 6) is 0.0898. The fourth-order valence-electron chi connectivity index (χ4n) is 4.79. The lowest BCUT2D eigenvalue weighted by molar-refractivity contribution is -0.146. The second-order valence-corrected chi connectivity index (χ2v) is 8.22. The highest BCUT2D eigenvalue weighted by Crippen LogP contribution is 2.42. The maximum Gasteiger partial charge on any atom is 0.271 e. The highest BCUT2D eigenvalue weighted by molar-refractivity contribution is 6.35. The molecule has 26 heavy (non-hydrogen) atoms. The Morgan fingerprint density at radius 1 is 1.19 bits per heavy atom. The topological polar surface area (TPSA) is 56.4 Å². The number of aromatic amines is 1. The van der Waals surface area contributed by atoms with E-state index in [1.807, 2.05) is 34.1 Å². The summed E-state index contributed by atoms with van der Waals surface area (Å²) in [6, 6.07) is 7.83. The predicted molar refractivity (Wildman–Crippen MR) is 100 cm³/mol. The Balaban J connectivity index is 1.50. The van der Waals surface area contributed by atoms with Gasteiger partial charge in [0.25, 0.3) is 5.91 Å². The van der Waals surface area contributed by atoms with Crippen LogP contribution >= 0.6 is 11.6 Å². The van der Waals surface area contributed by atoms with Crippen LogP contribution in [0.4, 0.5) is 0 Å². The first-order valence-corrected chi connectivity index (χ1v) is 9.88. The Hall–Kier alpha value is -2.01. The van der Waals surface area contributed by atoms with E-state index in [1.165, 1.54) is 0 Å². The van der Waals surface area contributed by atoms with Crippen molar-refractivity contribution in [2.24, 2.45) is 0 Å². The minimum absolute atomic E-state index is 0.0826. The number of carbonyl (C=O) groups excluding carboxylic acids is 2. The number of halogens is 1. The molecule has 136 valence electrons. The molecular formula is C20H22ClN3O2. The van der Waals surface area contributed by atoms with Crippen molar-refractivity contribution in [1.82, 2.24) is 14.8 Å². The van der Waals surface area contributed by atoms with E-state index in [1.54, 1.807) is 0 Å². The van der Waals surface area contributed by atoms with Crippen LogP contribution in [0.5, 0.6) is 0 Å². The Morgan fingerprint density at radius 2 is 1.96 bits per heavy atom. The number of benzene rings is 1. The van der Waals surface area contributed by atoms with Gasteiger partial charge in [-0.1, -0.05) is 17.7 Å². The minimum Gasteiger partial charge on any atom is -0.350 e. The molecule has 2 saturated heterocycles. The molecule has 1 atom stereocenters. The summed E-state index contributed by atoms with van der Waals surface area (Å²) in [5, 5.41) is 1.47. The van der Waals surface area contributed by atoms with Crippen LogP contribution in [0.25, 0.3) is 10.9 Å². The number of rotatable bonds is 2. The summed E-state index contributed by atoms with van der Waals surface area (Å²) in [5.41, 5.74) is 0.730. The van der Waals surface area contributed by atoms with Crippen LogP contribution < -0.4 is 0 Å². The first kappa shape index (κ1) is 16.2. The molecule has 0 bridgehead atoms. The second-order valence-electron chi connectivity index (χ2n) is 7.81. The van der Waals surface area contributed by atoms with Crippen LogP contribution in [-0.2, 0) is 4.79 Å². The standard InChI is InChI=1S/C20H22ClN3O2/c21-15-4-1-5-16-14(15)12-17(22-16)18(25)24-11-3-9-20(24)8-2-10-23(19(20)26)13-6-7-13/h1,4-5,12-13,22H,2-3,6-11H2. The Bertz CT molecular complexity index is 904. The van der Waals surface area contributed by atoms with Crippen molar-refractivity contribution < 1.29 is 9.59 Å². The molecule has 3 aliphatic rings. The molecule has 3 heterocycles. The molecule has 1 aromatic carbocycles. The van der Waals surface area contributed by atoms with Crippen molar-refractivity contribution in [1.29, 1.82) is 0 Å². The van der Waals surface area contributed by atoms with E-state index in [9.17, 15) is 9.59 Å². The van der Waals surface area contributed by atoms with Crippen molar-refractivity contribution in [2.75, 3.05) is 13.1 Å². The average molecular weight is 372 g/mol. The summed E-state index contributed by atoms with van der Waals surface area (Å²) in [6.07, 6.45) is 5.64. The zero-order valence-electron chi connectivity index (χ0n) is 14.6. The zero-order valence-corrected chi connectivity index (χ0v) is 15.4. The third-order valence-corrected chi connectivity index (χ3v) is 6.54. The van der Waals surface area contributed by atoms with Crippen LogP contribution in [0.15, 0.2) is 24.3 Å². The van der Waals surface area contributed by atoms with Gasteiger partial charge < -0.3 is 14.8 Å². The monoisotopic (exact) mass is 371 g/mol. The van der Waals surface area contributed by atoms with E-state index in [2.05, 4.69) is 4.98 Å². The molecule has 2 aromatic rings. The van der Waals surface area contributed by atoms with Crippen molar-refractivity contribution in [3.63, 3.8) is 0 Å². The van der Waals surface area contributed by atoms with Gasteiger partial charge in [0.1, 0.15) is 11.2 Å². The molecule has 1 saturated carbocycles. The number of hydrogen-bond donors (Lipinski definition) is 1. The maximum atomic E-state index is 13.3. The van der Waals surface area contributed by atoms with Crippen LogP contribution in [-0.4, -0.2) is 51.3 Å². The van der Waals surface area contributed by atoms with Crippen LogP contribution in [0.2, 0.25) is 5.02 Å². The lowest BCUT2D eigenvalue weighted by Gasteiger charge is -2.44. The van der Waals surface area contributed by atoms with E-state index >= 15 is 0 Å². The first-order valence-electron chi connectivity index (χ1n) is 9.50. The first-order chi connectivity index (χ1) is 12.6. The van der Waals surface area contributed by atoms with Crippen molar-refractivity contribution in [3.05, 3.63) is 35.0 Å². The van der Waals surface area contributed by atoms with Crippen LogP contribution in [0.1, 0.15) is 49.0 Å². The van der Waals surface area contributed by atoms with Gasteiger partial charge in [0, 0.05) is 35.1 Å². The lowest BCUT2D eigenvalue weighted by atomic mass is 9.85. The summed E-state index contributed by atoms with van der Waals surface area (Å²) in [7, 11) is 0. The normalized spacial score (nSPS) is 26.3. The molecule has 3 fully saturated rings. The van der Waals surface area contributed by atoms with Gasteiger partial charge in [-0.25, -0.2) is 0 Å². The lowest BCUT2D eigenvalue weighted by Crippen LogP contribution is -2.61. The number of aromatic nitrogens is 1. The number of fused-ring (bicyclic) bond motifs is 1. The van der Waals surface area contributed by atoms with Gasteiger partial charge in [0.15, 0.2) is 0 Å². The van der Waals surface area contributed by atoms with Gasteiger partial charge in [-0.2, -0.15) is 0 Å². The zero-order chi connectivity index (χ0) is 17.9. The van der Waals surface area contributed by atoms with E-state index < -0.39 is 5.54 Å². The Labute approximate surface area is 157 Å². The molecule has 1 N–H and O–H groups in total. The van der Waals surface area contributed by atoms with E-state index in [0.29, 0.717) is 23.3 Å². The molecule has 0 radical (unpaired) electrons. The molecule has 6 heteroatoms. The highest BCUT2D eigenvalue weighted by Gasteiger charge is 2.54. The van der Waals surface area contributed by atoms with Gasteiger partial charge in [-0.15, -0.1) is 0 Å². The second kappa shape index (κ2) is 5.74. The van der Waals surface area contributed by atoms with Gasteiger partial charge in [0.2, 0.25) is 5.91 Å². The number of piperidine rings is 1. The van der Waals surface area contributed by atoms with E-state index in [-0.39, 0.29) is 11.8 Å². The third kappa shape index (κ3) is 2.29. The number of hydrogen-bond acceptors (Lipinski definition) is 2. The molecule has 1 aliphatic carbocycles. The number of nitrogens with one attached hydrogen (secondary N) is 1. The number of amides is 2. The molecule has 2 aliphatic heterocycles. The van der Waals surface area contributed by atoms with E-state index in [0.717, 1.165) is 56.0 Å². The number of likely N-dealkylation sites (tertiary alicyclic amines) is 2. The molecule has 5 rings (SSSR count). The number of carbonyl (C=O) groups is 2. The third-order valence-electron chi connectivity index (χ3n) is 6.21. The predicted octanol–water partition coefficient (Wildman–Crippen LogP) is 3.58. The summed E-state index contributed by atoms with van der Waals surface area (Å²) >= 11 is 6.26. The maximum absolute atomic E-state index is 13.3. The highest BCUT2D eigenvalue weighted by atomic mass is 35.5. The van der Waals surface area contributed by atoms with Crippen molar-refractivity contribution in [3.8, 4) is 0 Å². The quantitative estimate of drug-likeness (QED) is 0.877. The van der Waals surface area contributed by atoms with E-state index in [4.69, 9.17) is 11.6 Å². The van der Waals surface area contributed by atoms with Gasteiger partial charge >= 0.3 is 0 Å². The molecule has 1 spiro atoms. The number of nitrogens with zero attached hydrogens (tertiary/aromatic N) is 2. The Kier molecular flexibility index (Phi) is 3.58. The molecule has 2 amide bonds. The van der Waals surface area contributed by atoms with Gasteiger partial charge in [0.05, 0.1) is 0 Å². The smallest absolute Gasteiger partial charge is 0.271 e. The largest absolute Gasteiger partial charge is 0.350 e. The number of H-pyrrole nitrogens is 1. The minimum atomic E-state index is -0.640. The summed E-state index contributed by atoms with van der Waals surface area (Å²) in [4.78, 5) is 33.7. The molecule has 1 aromatic heterocycles. The Morgan fingerprint density at radius 3 is 2.69 bits per heavy atom. The van der Waals surface area contributed by atoms with Gasteiger partial charge in [-0.05, 0) is 56.7 Å². The summed E-state index contributed by atoms with van der Waals surface area (Å²) in [6.45, 7) is 1.49. The summed E-state index contributed by atoms with van der Waals surface area (Å²) < 4.78 is 0. The SMILES string of the molecule is O=C(c1cc2c(Cl)cccc2[nH]1)N1CCCC12CCCN(C1CC1)C2=O. The molecule has 1 unspecified atom stereocenters. The fourth-order valence-corrected chi connectivity index (χ4v) is 5.02. The molecule has 5 nitrogen and oxygen atoms in total. The fraction of sp³-hybridized carbons (Fsp3) is 0.500.